The van der Waals surface area contributed by atoms with Gasteiger partial charge < -0.3 is 20.8 Å². The van der Waals surface area contributed by atoms with Crippen LogP contribution in [0.25, 0.3) is 0 Å². The summed E-state index contributed by atoms with van der Waals surface area (Å²) in [6.07, 6.45) is 0.601. The number of nitrogens with zero attached hydrogens (tertiary/aromatic N) is 2. The molecule has 36 heavy (non-hydrogen) atoms. The van der Waals surface area contributed by atoms with Crippen molar-refractivity contribution >= 4 is 35.1 Å². The Morgan fingerprint density at radius 1 is 0.694 bits per heavy atom. The second-order valence-electron chi connectivity index (χ2n) is 9.29. The van der Waals surface area contributed by atoms with E-state index in [-0.39, 0.29) is 23.0 Å². The molecule has 0 aliphatic heterocycles. The number of aliphatic carboxylic acids is 2. The second-order valence-corrected chi connectivity index (χ2v) is 9.29. The van der Waals surface area contributed by atoms with Gasteiger partial charge in [0.05, 0.1) is 11.4 Å². The minimum Gasteiger partial charge on any atom is -0.480 e. The fourth-order valence-electron chi connectivity index (χ4n) is 3.40. The molecule has 2 rings (SSSR count). The molecule has 2 aromatic carbocycles. The van der Waals surface area contributed by atoms with Crippen molar-refractivity contribution < 1.29 is 29.4 Å². The number of amides is 2. The molecular formula is C26H32N4O6. The smallest absolute Gasteiger partial charge is 0.326 e. The number of nitrogens with one attached hydrogen (secondary N) is 2. The summed E-state index contributed by atoms with van der Waals surface area (Å²) in [5, 5.41) is 32.0. The van der Waals surface area contributed by atoms with E-state index in [9.17, 15) is 29.4 Å². The zero-order valence-corrected chi connectivity index (χ0v) is 20.8. The zero-order chi connectivity index (χ0) is 26.8. The Hall–Kier alpha value is -4.08. The lowest BCUT2D eigenvalue weighted by Gasteiger charge is -2.16. The molecule has 2 amide bonds. The van der Waals surface area contributed by atoms with Crippen LogP contribution in [0.2, 0.25) is 0 Å². The van der Waals surface area contributed by atoms with Crippen molar-refractivity contribution in [3.05, 3.63) is 59.7 Å². The minimum atomic E-state index is -1.10. The van der Waals surface area contributed by atoms with Gasteiger partial charge in [0.15, 0.2) is 0 Å². The summed E-state index contributed by atoms with van der Waals surface area (Å²) in [5.41, 5.74) is 1.19. The number of carbonyl (C=O) groups excluding carboxylic acids is 2. The topological polar surface area (TPSA) is 158 Å². The molecule has 0 aromatic heterocycles. The van der Waals surface area contributed by atoms with E-state index >= 15 is 0 Å². The average molecular weight is 497 g/mol. The van der Waals surface area contributed by atoms with Crippen LogP contribution in [0.15, 0.2) is 58.8 Å². The van der Waals surface area contributed by atoms with Gasteiger partial charge in [0.1, 0.15) is 12.1 Å². The van der Waals surface area contributed by atoms with E-state index in [1.54, 1.807) is 36.4 Å². The van der Waals surface area contributed by atoms with Crippen LogP contribution in [-0.2, 0) is 9.59 Å². The second kappa shape index (κ2) is 13.1. The van der Waals surface area contributed by atoms with Crippen LogP contribution in [0.1, 0.15) is 61.3 Å². The maximum absolute atomic E-state index is 12.6. The lowest BCUT2D eigenvalue weighted by molar-refractivity contribution is -0.140. The Kier molecular flexibility index (Phi) is 10.3. The summed E-state index contributed by atoms with van der Waals surface area (Å²) in [4.78, 5) is 48.0. The summed E-state index contributed by atoms with van der Waals surface area (Å²) in [7, 11) is 0. The molecule has 2 atom stereocenters. The van der Waals surface area contributed by atoms with Gasteiger partial charge in [-0.2, -0.15) is 10.2 Å². The van der Waals surface area contributed by atoms with Crippen LogP contribution >= 0.6 is 0 Å². The third kappa shape index (κ3) is 8.94. The summed E-state index contributed by atoms with van der Waals surface area (Å²) >= 11 is 0. The van der Waals surface area contributed by atoms with Crippen LogP contribution in [-0.4, -0.2) is 46.0 Å². The van der Waals surface area contributed by atoms with Crippen LogP contribution in [0.4, 0.5) is 11.4 Å². The molecule has 0 fully saturated rings. The third-order valence-electron chi connectivity index (χ3n) is 5.12. The van der Waals surface area contributed by atoms with Crippen molar-refractivity contribution in [3.8, 4) is 0 Å². The predicted octanol–water partition coefficient (Wildman–Crippen LogP) is 4.56. The molecule has 4 N–H and O–H groups in total. The Labute approximate surface area is 209 Å². The molecule has 0 saturated heterocycles. The molecule has 0 aliphatic carbocycles. The van der Waals surface area contributed by atoms with Crippen LogP contribution < -0.4 is 10.6 Å². The quantitative estimate of drug-likeness (QED) is 0.315. The zero-order valence-electron chi connectivity index (χ0n) is 20.8. The number of carbonyl (C=O) groups is 4. The molecule has 10 nitrogen and oxygen atoms in total. The molecule has 0 heterocycles. The maximum atomic E-state index is 12.6. The molecule has 0 radical (unpaired) electrons. The SMILES string of the molecule is CC(C)CC(NC(=O)c1cccc(N=Nc2cccc(C(=O)NC(CC(C)C)C(=O)O)c2)c1)C(=O)O. The van der Waals surface area contributed by atoms with Crippen LogP contribution in [0.3, 0.4) is 0 Å². The van der Waals surface area contributed by atoms with Gasteiger partial charge in [-0.15, -0.1) is 0 Å². The number of hydrogen-bond acceptors (Lipinski definition) is 6. The molecule has 2 aromatic rings. The largest absolute Gasteiger partial charge is 0.480 e. The Morgan fingerprint density at radius 2 is 1.06 bits per heavy atom. The standard InChI is InChI=1S/C26H32N4O6/c1-15(2)11-21(25(33)34)27-23(31)17-7-5-9-19(13-17)29-30-20-10-6-8-18(14-20)24(32)28-22(26(35)36)12-16(3)4/h5-10,13-16,21-22H,11-12H2,1-4H3,(H,27,31)(H,28,32)(H,33,34)(H,35,36). The number of azo groups is 1. The first-order valence-corrected chi connectivity index (χ1v) is 11.7. The summed E-state index contributed by atoms with van der Waals surface area (Å²) in [6.45, 7) is 7.49. The van der Waals surface area contributed by atoms with Gasteiger partial charge in [-0.05, 0) is 61.1 Å². The monoisotopic (exact) mass is 496 g/mol. The fourth-order valence-corrected chi connectivity index (χ4v) is 3.40. The lowest BCUT2D eigenvalue weighted by Crippen LogP contribution is -2.41. The first-order chi connectivity index (χ1) is 17.0. The number of rotatable bonds is 12. The lowest BCUT2D eigenvalue weighted by atomic mass is 10.0. The number of carboxylic acid groups (broad SMARTS) is 2. The van der Waals surface area contributed by atoms with Crippen molar-refractivity contribution in [1.29, 1.82) is 0 Å². The van der Waals surface area contributed by atoms with Crippen molar-refractivity contribution in [2.75, 3.05) is 0 Å². The van der Waals surface area contributed by atoms with Crippen molar-refractivity contribution in [3.63, 3.8) is 0 Å². The highest BCUT2D eigenvalue weighted by Crippen LogP contribution is 2.21. The summed E-state index contributed by atoms with van der Waals surface area (Å²) in [5.74, 6) is -3.09. The van der Waals surface area contributed by atoms with Crippen molar-refractivity contribution in [1.82, 2.24) is 10.6 Å². The molecule has 0 spiro atoms. The molecule has 0 saturated carbocycles. The van der Waals surface area contributed by atoms with E-state index in [0.717, 1.165) is 0 Å². The molecule has 0 aliphatic rings. The van der Waals surface area contributed by atoms with E-state index < -0.39 is 35.8 Å². The highest BCUT2D eigenvalue weighted by Gasteiger charge is 2.23. The maximum Gasteiger partial charge on any atom is 0.326 e. The van der Waals surface area contributed by atoms with Crippen molar-refractivity contribution in [2.24, 2.45) is 22.1 Å². The number of benzene rings is 2. The highest BCUT2D eigenvalue weighted by atomic mass is 16.4. The van der Waals surface area contributed by atoms with Gasteiger partial charge in [0, 0.05) is 11.1 Å². The fraction of sp³-hybridized carbons (Fsp3) is 0.385. The molecular weight excluding hydrogens is 464 g/mol. The van der Waals surface area contributed by atoms with E-state index in [0.29, 0.717) is 24.2 Å². The summed E-state index contributed by atoms with van der Waals surface area (Å²) in [6, 6.07) is 10.5. The Morgan fingerprint density at radius 3 is 1.36 bits per heavy atom. The van der Waals surface area contributed by atoms with Gasteiger partial charge in [0.2, 0.25) is 0 Å². The summed E-state index contributed by atoms with van der Waals surface area (Å²) < 4.78 is 0. The van der Waals surface area contributed by atoms with Gasteiger partial charge in [-0.3, -0.25) is 9.59 Å². The first-order valence-electron chi connectivity index (χ1n) is 11.7. The number of carboxylic acids is 2. The van der Waals surface area contributed by atoms with Gasteiger partial charge in [-0.1, -0.05) is 39.8 Å². The Balaban J connectivity index is 2.13. The molecule has 2 unspecified atom stereocenters. The minimum absolute atomic E-state index is 0.0922. The van der Waals surface area contributed by atoms with Crippen molar-refractivity contribution in [2.45, 2.75) is 52.6 Å². The predicted molar refractivity (Wildman–Crippen MR) is 134 cm³/mol. The van der Waals surface area contributed by atoms with Crippen LogP contribution in [0.5, 0.6) is 0 Å². The normalized spacial score (nSPS) is 12.9. The number of hydrogen-bond donors (Lipinski definition) is 4. The van der Waals surface area contributed by atoms with Gasteiger partial charge >= 0.3 is 11.9 Å². The van der Waals surface area contributed by atoms with Gasteiger partial charge in [0.25, 0.3) is 11.8 Å². The van der Waals surface area contributed by atoms with Gasteiger partial charge in [-0.25, -0.2) is 9.59 Å². The van der Waals surface area contributed by atoms with E-state index in [2.05, 4.69) is 20.9 Å². The highest BCUT2D eigenvalue weighted by molar-refractivity contribution is 5.98. The van der Waals surface area contributed by atoms with E-state index in [4.69, 9.17) is 0 Å². The molecule has 10 heteroatoms. The molecule has 192 valence electrons. The average Bonchev–Trinajstić information content (AvgIpc) is 2.81. The van der Waals surface area contributed by atoms with Crippen LogP contribution in [0, 0.1) is 11.8 Å². The molecule has 0 bridgehead atoms. The van der Waals surface area contributed by atoms with E-state index in [1.165, 1.54) is 12.1 Å². The third-order valence-corrected chi connectivity index (χ3v) is 5.12. The first kappa shape index (κ1) is 28.2. The Bertz CT molecular complexity index is 1040. The van der Waals surface area contributed by atoms with E-state index in [1.807, 2.05) is 27.7 Å².